The average Bonchev–Trinajstić information content (AvgIpc) is 3.56. The maximum Gasteiger partial charge on any atom is 0.407 e. The van der Waals surface area contributed by atoms with Gasteiger partial charge in [0.15, 0.2) is 0 Å². The van der Waals surface area contributed by atoms with Crippen molar-refractivity contribution in [2.75, 3.05) is 13.2 Å². The molecular weight excluding hydrogens is 571 g/mol. The molecule has 4 aromatic rings. The van der Waals surface area contributed by atoms with E-state index in [1.807, 2.05) is 42.5 Å². The van der Waals surface area contributed by atoms with Crippen LogP contribution < -0.4 is 5.32 Å². The first-order chi connectivity index (χ1) is 17.5. The molecule has 9 heteroatoms. The molecule has 2 aliphatic rings. The Morgan fingerprint density at radius 1 is 1.08 bits per heavy atom. The molecule has 1 saturated heterocycles. The van der Waals surface area contributed by atoms with Gasteiger partial charge in [-0.25, -0.2) is 14.6 Å². The number of rotatable bonds is 4. The second-order valence-electron chi connectivity index (χ2n) is 9.14. The zero-order valence-corrected chi connectivity index (χ0v) is 21.3. The largest absolute Gasteiger partial charge is 0.465 e. The minimum Gasteiger partial charge on any atom is -0.465 e. The molecule has 1 aliphatic heterocycles. The molecule has 0 radical (unpaired) electrons. The van der Waals surface area contributed by atoms with Gasteiger partial charge in [-0.3, -0.25) is 4.90 Å². The summed E-state index contributed by atoms with van der Waals surface area (Å²) in [5.74, 6) is 0.541. The molecule has 3 N–H and O–H groups in total. The fourth-order valence-corrected chi connectivity index (χ4v) is 5.87. The number of carbonyl (C=O) groups is 2. The van der Waals surface area contributed by atoms with Crippen molar-refractivity contribution in [3.05, 3.63) is 87.3 Å². The topological polar surface area (TPSA) is 108 Å². The van der Waals surface area contributed by atoms with Crippen molar-refractivity contribution >= 4 is 45.8 Å². The van der Waals surface area contributed by atoms with Crippen LogP contribution >= 0.6 is 22.6 Å². The van der Waals surface area contributed by atoms with Crippen molar-refractivity contribution in [1.82, 2.24) is 20.2 Å². The van der Waals surface area contributed by atoms with Gasteiger partial charge in [-0.2, -0.15) is 0 Å². The molecule has 0 bridgehead atoms. The number of nitrogens with one attached hydrogen (secondary N) is 2. The summed E-state index contributed by atoms with van der Waals surface area (Å²) in [6, 6.07) is 21.3. The number of carboxylic acid groups (broad SMARTS) is 1. The first kappa shape index (κ1) is 22.8. The number of hydrogen-bond acceptors (Lipinski definition) is 4. The van der Waals surface area contributed by atoms with Gasteiger partial charge in [0.1, 0.15) is 12.4 Å². The third kappa shape index (κ3) is 4.06. The molecule has 0 saturated carbocycles. The lowest BCUT2D eigenvalue weighted by atomic mass is 9.98. The molecule has 2 heterocycles. The molecule has 1 aliphatic carbocycles. The molecule has 2 amide bonds. The lowest BCUT2D eigenvalue weighted by Crippen LogP contribution is -2.39. The average molecular weight is 594 g/mol. The highest BCUT2D eigenvalue weighted by Crippen LogP contribution is 2.44. The van der Waals surface area contributed by atoms with Gasteiger partial charge >= 0.3 is 12.2 Å². The molecule has 182 valence electrons. The van der Waals surface area contributed by atoms with Gasteiger partial charge in [0.25, 0.3) is 0 Å². The lowest BCUT2D eigenvalue weighted by Gasteiger charge is -2.19. The Labute approximate surface area is 220 Å². The first-order valence-electron chi connectivity index (χ1n) is 11.7. The summed E-state index contributed by atoms with van der Waals surface area (Å²) >= 11 is 2.22. The number of nitrogens with zero attached hydrogens (tertiary/aromatic N) is 2. The van der Waals surface area contributed by atoms with Crippen LogP contribution in [0.2, 0.25) is 0 Å². The van der Waals surface area contributed by atoms with E-state index in [0.29, 0.717) is 12.2 Å². The molecule has 2 atom stereocenters. The van der Waals surface area contributed by atoms with Gasteiger partial charge in [0.05, 0.1) is 23.1 Å². The number of ether oxygens (including phenoxy) is 1. The van der Waals surface area contributed by atoms with Gasteiger partial charge in [-0.05, 0) is 69.5 Å². The molecular formula is C27H23IN4O4. The predicted octanol–water partition coefficient (Wildman–Crippen LogP) is 5.50. The zero-order chi connectivity index (χ0) is 24.8. The van der Waals surface area contributed by atoms with E-state index in [-0.39, 0.29) is 25.1 Å². The van der Waals surface area contributed by atoms with Gasteiger partial charge in [0.2, 0.25) is 0 Å². The summed E-state index contributed by atoms with van der Waals surface area (Å²) in [4.78, 5) is 33.9. The summed E-state index contributed by atoms with van der Waals surface area (Å²) in [7, 11) is 0. The Kier molecular flexibility index (Phi) is 5.79. The van der Waals surface area contributed by atoms with Crippen molar-refractivity contribution in [3.8, 4) is 11.1 Å². The lowest BCUT2D eigenvalue weighted by molar-refractivity contribution is 0.133. The number of imidazole rings is 1. The van der Waals surface area contributed by atoms with Crippen LogP contribution in [-0.4, -0.2) is 51.4 Å². The minimum absolute atomic E-state index is 0.0339. The van der Waals surface area contributed by atoms with E-state index in [4.69, 9.17) is 4.74 Å². The van der Waals surface area contributed by atoms with Gasteiger partial charge in [-0.1, -0.05) is 48.5 Å². The quantitative estimate of drug-likeness (QED) is 0.271. The van der Waals surface area contributed by atoms with Crippen molar-refractivity contribution < 1.29 is 19.4 Å². The second-order valence-corrected chi connectivity index (χ2v) is 10.4. The molecule has 36 heavy (non-hydrogen) atoms. The second kappa shape index (κ2) is 9.12. The summed E-state index contributed by atoms with van der Waals surface area (Å²) in [5.41, 5.74) is 6.25. The Bertz CT molecular complexity index is 1440. The third-order valence-corrected chi connectivity index (χ3v) is 7.66. The van der Waals surface area contributed by atoms with E-state index in [9.17, 15) is 14.7 Å². The van der Waals surface area contributed by atoms with Gasteiger partial charge < -0.3 is 20.1 Å². The fourth-order valence-electron chi connectivity index (χ4n) is 5.38. The highest BCUT2D eigenvalue weighted by Gasteiger charge is 2.39. The first-order valence-corrected chi connectivity index (χ1v) is 12.8. The van der Waals surface area contributed by atoms with E-state index in [2.05, 4.69) is 62.1 Å². The Morgan fingerprint density at radius 2 is 1.78 bits per heavy atom. The van der Waals surface area contributed by atoms with Crippen LogP contribution in [0, 0.1) is 3.57 Å². The number of benzene rings is 3. The highest BCUT2D eigenvalue weighted by molar-refractivity contribution is 14.1. The van der Waals surface area contributed by atoms with Crippen LogP contribution in [0.25, 0.3) is 22.2 Å². The number of hydrogen-bond donors (Lipinski definition) is 3. The number of fused-ring (bicyclic) bond motifs is 4. The van der Waals surface area contributed by atoms with Gasteiger partial charge in [-0.15, -0.1) is 0 Å². The third-order valence-electron chi connectivity index (χ3n) is 6.99. The standard InChI is InChI=1S/C27H23IN4O4/c28-15-9-10-22-23(11-15)31-25(30-22)24-12-16(13-32(24)27(34)35)29-26(33)36-14-21-19-7-3-1-5-17(19)18-6-2-4-8-20(18)21/h1-11,16,21,24H,12-14H2,(H,29,33)(H,30,31)(H,34,35). The summed E-state index contributed by atoms with van der Waals surface area (Å²) in [6.45, 7) is 0.375. The van der Waals surface area contributed by atoms with Crippen molar-refractivity contribution in [2.24, 2.45) is 0 Å². The van der Waals surface area contributed by atoms with Crippen molar-refractivity contribution in [2.45, 2.75) is 24.4 Å². The van der Waals surface area contributed by atoms with E-state index in [1.165, 1.54) is 16.0 Å². The Hall–Kier alpha value is -3.60. The maximum atomic E-state index is 12.8. The molecule has 0 spiro atoms. The Balaban J connectivity index is 1.14. The molecule has 6 rings (SSSR count). The van der Waals surface area contributed by atoms with E-state index >= 15 is 0 Å². The summed E-state index contributed by atoms with van der Waals surface area (Å²) in [6.07, 6.45) is -1.19. The van der Waals surface area contributed by atoms with Crippen molar-refractivity contribution in [3.63, 3.8) is 0 Å². The highest BCUT2D eigenvalue weighted by atomic mass is 127. The molecule has 1 fully saturated rings. The number of aromatic nitrogens is 2. The van der Waals surface area contributed by atoms with Crippen LogP contribution in [0.5, 0.6) is 0 Å². The van der Waals surface area contributed by atoms with Gasteiger partial charge in [0, 0.05) is 16.0 Å². The molecule has 1 aromatic heterocycles. The molecule has 8 nitrogen and oxygen atoms in total. The summed E-state index contributed by atoms with van der Waals surface area (Å²) in [5, 5.41) is 12.7. The predicted molar refractivity (Wildman–Crippen MR) is 143 cm³/mol. The number of alkyl carbamates (subject to hydrolysis) is 1. The molecule has 3 aromatic carbocycles. The van der Waals surface area contributed by atoms with Crippen LogP contribution in [0.1, 0.15) is 35.3 Å². The number of likely N-dealkylation sites (tertiary alicyclic amines) is 1. The number of aromatic amines is 1. The van der Waals surface area contributed by atoms with E-state index in [1.54, 1.807) is 0 Å². The number of carbonyl (C=O) groups excluding carboxylic acids is 1. The van der Waals surface area contributed by atoms with E-state index in [0.717, 1.165) is 25.7 Å². The van der Waals surface area contributed by atoms with E-state index < -0.39 is 18.2 Å². The fraction of sp³-hybridized carbons (Fsp3) is 0.222. The number of amides is 2. The summed E-state index contributed by atoms with van der Waals surface area (Å²) < 4.78 is 6.72. The SMILES string of the molecule is O=C(NC1CC(c2nc3ccc(I)cc3[nH]2)N(C(=O)O)C1)OCC1c2ccccc2-c2ccccc21. The van der Waals surface area contributed by atoms with Crippen LogP contribution in [-0.2, 0) is 4.74 Å². The van der Waals surface area contributed by atoms with Crippen LogP contribution in [0.4, 0.5) is 9.59 Å². The normalized spacial score (nSPS) is 18.8. The number of halogens is 1. The minimum atomic E-state index is -1.05. The van der Waals surface area contributed by atoms with Crippen LogP contribution in [0.3, 0.4) is 0 Å². The Morgan fingerprint density at radius 3 is 2.47 bits per heavy atom. The molecule has 2 unspecified atom stereocenters. The monoisotopic (exact) mass is 594 g/mol. The smallest absolute Gasteiger partial charge is 0.407 e. The maximum absolute atomic E-state index is 12.8. The van der Waals surface area contributed by atoms with Crippen molar-refractivity contribution in [1.29, 1.82) is 0 Å². The number of H-pyrrole nitrogens is 1. The zero-order valence-electron chi connectivity index (χ0n) is 19.1. The van der Waals surface area contributed by atoms with Crippen LogP contribution in [0.15, 0.2) is 66.7 Å².